The number of hydrogen-bond donors (Lipinski definition) is 2. The van der Waals surface area contributed by atoms with Gasteiger partial charge in [-0.1, -0.05) is 67.0 Å². The van der Waals surface area contributed by atoms with E-state index in [-0.39, 0.29) is 45.0 Å². The number of fused-ring (bicyclic) bond motifs is 3. The van der Waals surface area contributed by atoms with E-state index in [9.17, 15) is 15.0 Å². The van der Waals surface area contributed by atoms with Crippen LogP contribution in [0.5, 0.6) is 0 Å². The zero-order chi connectivity index (χ0) is 25.8. The maximum absolute atomic E-state index is 13.1. The summed E-state index contributed by atoms with van der Waals surface area (Å²) in [4.78, 5) is 13.1. The van der Waals surface area contributed by atoms with Crippen LogP contribution < -0.4 is 0 Å². The number of carboxylic acid groups (broad SMARTS) is 1. The van der Waals surface area contributed by atoms with Crippen molar-refractivity contribution in [1.82, 2.24) is 0 Å². The highest BCUT2D eigenvalue weighted by Gasteiger charge is 2.71. The molecule has 1 saturated heterocycles. The summed E-state index contributed by atoms with van der Waals surface area (Å²) in [6, 6.07) is 0. The molecule has 4 heteroatoms. The van der Waals surface area contributed by atoms with E-state index < -0.39 is 5.97 Å². The molecule has 0 aromatic rings. The molecular formula is C31H50O4. The molecule has 0 unspecified atom stereocenters. The first-order valence-corrected chi connectivity index (χ1v) is 14.4. The van der Waals surface area contributed by atoms with Gasteiger partial charge in [0.25, 0.3) is 0 Å². The largest absolute Gasteiger partial charge is 0.481 e. The lowest BCUT2D eigenvalue weighted by atomic mass is 9.34. The third kappa shape index (κ3) is 3.02. The normalized spacial score (nSPS) is 54.2. The summed E-state index contributed by atoms with van der Waals surface area (Å²) < 4.78 is 6.32. The monoisotopic (exact) mass is 486 g/mol. The zero-order valence-electron chi connectivity index (χ0n) is 23.5. The number of aliphatic hydroxyl groups excluding tert-OH is 1. The lowest BCUT2D eigenvalue weighted by Gasteiger charge is -2.71. The zero-order valence-corrected chi connectivity index (χ0v) is 23.5. The Bertz CT molecular complexity index is 925. The van der Waals surface area contributed by atoms with Gasteiger partial charge in [0.2, 0.25) is 0 Å². The summed E-state index contributed by atoms with van der Waals surface area (Å²) in [5.74, 6) is 1.000. The van der Waals surface area contributed by atoms with Gasteiger partial charge in [-0.2, -0.15) is 0 Å². The Hall–Kier alpha value is -0.870. The summed E-state index contributed by atoms with van der Waals surface area (Å²) >= 11 is 0. The van der Waals surface area contributed by atoms with Crippen LogP contribution >= 0.6 is 0 Å². The molecule has 198 valence electrons. The Morgan fingerprint density at radius 3 is 2.37 bits per heavy atom. The highest BCUT2D eigenvalue weighted by Crippen LogP contribution is 2.75. The van der Waals surface area contributed by atoms with Crippen LogP contribution in [0.1, 0.15) is 93.9 Å². The van der Waals surface area contributed by atoms with Crippen LogP contribution in [0.4, 0.5) is 0 Å². The molecule has 0 radical (unpaired) electrons. The molecule has 4 aliphatic carbocycles. The molecule has 5 rings (SSSR count). The van der Waals surface area contributed by atoms with Crippen molar-refractivity contribution in [3.05, 3.63) is 11.6 Å². The minimum Gasteiger partial charge on any atom is -0.481 e. The van der Waals surface area contributed by atoms with Gasteiger partial charge in [-0.05, 0) is 84.4 Å². The second kappa shape index (κ2) is 7.82. The average Bonchev–Trinajstić information content (AvgIpc) is 2.77. The van der Waals surface area contributed by atoms with Crippen molar-refractivity contribution < 1.29 is 19.7 Å². The number of rotatable bonds is 3. The minimum atomic E-state index is -0.597. The van der Waals surface area contributed by atoms with Crippen LogP contribution in [0.2, 0.25) is 0 Å². The molecule has 0 amide bonds. The van der Waals surface area contributed by atoms with E-state index in [2.05, 4.69) is 61.5 Å². The van der Waals surface area contributed by atoms with E-state index in [0.717, 1.165) is 45.1 Å². The van der Waals surface area contributed by atoms with E-state index in [0.29, 0.717) is 30.3 Å². The van der Waals surface area contributed by atoms with Crippen molar-refractivity contribution in [3.63, 3.8) is 0 Å². The van der Waals surface area contributed by atoms with Crippen LogP contribution in [0.3, 0.4) is 0 Å². The van der Waals surface area contributed by atoms with Gasteiger partial charge < -0.3 is 14.9 Å². The number of hydrogen-bond acceptors (Lipinski definition) is 3. The molecular weight excluding hydrogens is 436 g/mol. The molecule has 0 spiro atoms. The summed E-state index contributed by atoms with van der Waals surface area (Å²) in [6.07, 6.45) is 8.34. The Balaban J connectivity index is 1.62. The smallest absolute Gasteiger partial charge is 0.307 e. The number of aliphatic carboxylic acids is 1. The predicted molar refractivity (Wildman–Crippen MR) is 139 cm³/mol. The van der Waals surface area contributed by atoms with Crippen molar-refractivity contribution in [3.8, 4) is 0 Å². The van der Waals surface area contributed by atoms with Gasteiger partial charge in [-0.15, -0.1) is 0 Å². The highest BCUT2D eigenvalue weighted by atomic mass is 16.5. The Morgan fingerprint density at radius 2 is 1.74 bits per heavy atom. The summed E-state index contributed by atoms with van der Waals surface area (Å²) in [6.45, 7) is 19.8. The Morgan fingerprint density at radius 1 is 1.06 bits per heavy atom. The molecule has 1 heterocycles. The van der Waals surface area contributed by atoms with Gasteiger partial charge >= 0.3 is 5.97 Å². The summed E-state index contributed by atoms with van der Waals surface area (Å²) in [7, 11) is 0. The SMILES string of the molecule is CC(C)[C@@H](C)[C@@]1(C)CC[C@]2(C)[C@H]3CC[C@@H]4[C@@]5(COC[C@]4(C)[C@@H](O)[C@H](C)C5)C3=CC[C@@]2(C)[C@@H]1C(=O)O. The van der Waals surface area contributed by atoms with Gasteiger partial charge in [0.1, 0.15) is 0 Å². The average molecular weight is 487 g/mol. The van der Waals surface area contributed by atoms with Crippen LogP contribution in [-0.4, -0.2) is 35.5 Å². The predicted octanol–water partition coefficient (Wildman–Crippen LogP) is 6.57. The molecule has 2 bridgehead atoms. The van der Waals surface area contributed by atoms with Crippen LogP contribution in [-0.2, 0) is 9.53 Å². The molecule has 2 N–H and O–H groups in total. The first kappa shape index (κ1) is 25.8. The number of allylic oxidation sites excluding steroid dienone is 1. The highest BCUT2D eigenvalue weighted by molar-refractivity contribution is 5.73. The molecule has 4 nitrogen and oxygen atoms in total. The minimum absolute atomic E-state index is 0.00357. The fourth-order valence-electron chi connectivity index (χ4n) is 11.0. The van der Waals surface area contributed by atoms with Crippen molar-refractivity contribution in [2.75, 3.05) is 13.2 Å². The maximum atomic E-state index is 13.1. The lowest BCUT2D eigenvalue weighted by molar-refractivity contribution is -0.240. The third-order valence-corrected chi connectivity index (χ3v) is 13.4. The van der Waals surface area contributed by atoms with Crippen molar-refractivity contribution in [2.45, 2.75) is 100 Å². The number of carboxylic acids is 1. The number of aliphatic hydroxyl groups is 1. The molecule has 1 aliphatic heterocycles. The van der Waals surface area contributed by atoms with Gasteiger partial charge in [0, 0.05) is 10.8 Å². The van der Waals surface area contributed by atoms with Crippen LogP contribution in [0.15, 0.2) is 11.6 Å². The van der Waals surface area contributed by atoms with E-state index in [1.54, 1.807) is 5.57 Å². The fraction of sp³-hybridized carbons (Fsp3) is 0.903. The van der Waals surface area contributed by atoms with E-state index in [4.69, 9.17) is 4.74 Å². The first-order chi connectivity index (χ1) is 16.2. The molecule has 5 aliphatic rings. The van der Waals surface area contributed by atoms with Gasteiger partial charge in [0.05, 0.1) is 25.2 Å². The van der Waals surface area contributed by atoms with Crippen molar-refractivity contribution >= 4 is 5.97 Å². The van der Waals surface area contributed by atoms with Crippen molar-refractivity contribution in [1.29, 1.82) is 0 Å². The third-order valence-electron chi connectivity index (χ3n) is 13.4. The Kier molecular flexibility index (Phi) is 5.76. The maximum Gasteiger partial charge on any atom is 0.307 e. The molecule has 0 aromatic heterocycles. The molecule has 0 aromatic carbocycles. The summed E-state index contributed by atoms with van der Waals surface area (Å²) in [5, 5.41) is 22.0. The van der Waals surface area contributed by atoms with Gasteiger partial charge in [-0.25, -0.2) is 0 Å². The molecule has 35 heavy (non-hydrogen) atoms. The molecule has 4 fully saturated rings. The van der Waals surface area contributed by atoms with Gasteiger partial charge in [-0.3, -0.25) is 4.79 Å². The second-order valence-electron chi connectivity index (χ2n) is 15.0. The second-order valence-corrected chi connectivity index (χ2v) is 15.0. The van der Waals surface area contributed by atoms with Crippen molar-refractivity contribution in [2.24, 2.45) is 62.6 Å². The number of carbonyl (C=O) groups is 1. The van der Waals surface area contributed by atoms with E-state index in [1.165, 1.54) is 0 Å². The lowest BCUT2D eigenvalue weighted by Crippen LogP contribution is -2.68. The topological polar surface area (TPSA) is 66.8 Å². The van der Waals surface area contributed by atoms with Gasteiger partial charge in [0.15, 0.2) is 0 Å². The Labute approximate surface area is 213 Å². The van der Waals surface area contributed by atoms with E-state index >= 15 is 0 Å². The standard InChI is InChI=1S/C31H50O4/c1-18(2)20(4)27(5)13-14-29(7)21-9-10-23-28(6)16-35-17-31(23,15-19(3)25(28)32)22(21)11-12-30(29,8)24(27)26(33)34/h11,18-21,23-25,32H,9-10,12-17H2,1-8H3,(H,33,34)/t19-,20-,21+,23+,24-,25+,27-,28+,29-,30+,31+/m1/s1. The quantitative estimate of drug-likeness (QED) is 0.443. The summed E-state index contributed by atoms with van der Waals surface area (Å²) in [5.41, 5.74) is 0.872. The molecule has 3 saturated carbocycles. The van der Waals surface area contributed by atoms with Crippen LogP contribution in [0, 0.1) is 62.6 Å². The number of ether oxygens (including phenoxy) is 1. The molecule has 11 atom stereocenters. The first-order valence-electron chi connectivity index (χ1n) is 14.4. The fourth-order valence-corrected chi connectivity index (χ4v) is 11.0. The van der Waals surface area contributed by atoms with Crippen LogP contribution in [0.25, 0.3) is 0 Å². The van der Waals surface area contributed by atoms with E-state index in [1.807, 2.05) is 0 Å².